The van der Waals surface area contributed by atoms with Crippen LogP contribution in [0.3, 0.4) is 0 Å². The molecule has 2 unspecified atom stereocenters. The van der Waals surface area contributed by atoms with Gasteiger partial charge in [0.05, 0.1) is 0 Å². The first kappa shape index (κ1) is 11.0. The van der Waals surface area contributed by atoms with Crippen LogP contribution in [0.4, 0.5) is 8.78 Å². The zero-order valence-corrected chi connectivity index (χ0v) is 8.81. The summed E-state index contributed by atoms with van der Waals surface area (Å²) < 4.78 is 26.8. The largest absolute Gasteiger partial charge is 0.323 e. The van der Waals surface area contributed by atoms with Crippen LogP contribution in [0.15, 0.2) is 11.6 Å². The van der Waals surface area contributed by atoms with Gasteiger partial charge >= 0.3 is 0 Å². The van der Waals surface area contributed by atoms with Gasteiger partial charge in [0.25, 0.3) is 5.92 Å². The quantitative estimate of drug-likeness (QED) is 0.689. The third-order valence-electron chi connectivity index (χ3n) is 3.35. The maximum absolute atomic E-state index is 13.4. The predicted octanol–water partition coefficient (Wildman–Crippen LogP) is 1.67. The summed E-state index contributed by atoms with van der Waals surface area (Å²) >= 11 is 0. The van der Waals surface area contributed by atoms with Gasteiger partial charge in [0.2, 0.25) is 0 Å². The van der Waals surface area contributed by atoms with E-state index in [0.29, 0.717) is 19.3 Å². The number of alkyl halides is 2. The summed E-state index contributed by atoms with van der Waals surface area (Å²) in [6.07, 6.45) is 3.83. The second-order valence-electron chi connectivity index (χ2n) is 4.67. The highest BCUT2D eigenvalue weighted by atomic mass is 19.3. The lowest BCUT2D eigenvalue weighted by molar-refractivity contribution is -0.0365. The first-order chi connectivity index (χ1) is 7.08. The number of hydrogen-bond acceptors (Lipinski definition) is 2. The summed E-state index contributed by atoms with van der Waals surface area (Å²) in [4.78, 5) is 0. The molecule has 0 aromatic carbocycles. The van der Waals surface area contributed by atoms with Crippen LogP contribution in [0.2, 0.25) is 0 Å². The number of halogens is 2. The molecule has 0 amide bonds. The molecular formula is C11H18F2N2. The predicted molar refractivity (Wildman–Crippen MR) is 55.8 cm³/mol. The molecule has 1 saturated carbocycles. The fourth-order valence-corrected chi connectivity index (χ4v) is 2.53. The molecule has 0 spiro atoms. The Hall–Kier alpha value is -0.480. The molecule has 15 heavy (non-hydrogen) atoms. The van der Waals surface area contributed by atoms with Gasteiger partial charge in [-0.05, 0) is 19.3 Å². The molecule has 0 bridgehead atoms. The van der Waals surface area contributed by atoms with Gasteiger partial charge in [-0.2, -0.15) is 0 Å². The van der Waals surface area contributed by atoms with E-state index in [2.05, 4.69) is 5.32 Å². The molecule has 2 aliphatic rings. The minimum absolute atomic E-state index is 0.0104. The Kier molecular flexibility index (Phi) is 3.07. The van der Waals surface area contributed by atoms with Crippen LogP contribution in [0.25, 0.3) is 0 Å². The van der Waals surface area contributed by atoms with Crippen molar-refractivity contribution in [2.75, 3.05) is 13.1 Å². The van der Waals surface area contributed by atoms with Crippen LogP contribution < -0.4 is 11.1 Å². The Morgan fingerprint density at radius 3 is 2.93 bits per heavy atom. The fraction of sp³-hybridized carbons (Fsp3) is 0.818. The van der Waals surface area contributed by atoms with E-state index in [1.54, 1.807) is 0 Å². The van der Waals surface area contributed by atoms with Crippen LogP contribution in [0.1, 0.15) is 25.7 Å². The van der Waals surface area contributed by atoms with Crippen LogP contribution >= 0.6 is 0 Å². The monoisotopic (exact) mass is 216 g/mol. The number of nitrogens with two attached hydrogens (primary N) is 1. The van der Waals surface area contributed by atoms with Crippen molar-refractivity contribution >= 4 is 0 Å². The maximum atomic E-state index is 13.4. The second-order valence-corrected chi connectivity index (χ2v) is 4.67. The van der Waals surface area contributed by atoms with Crippen molar-refractivity contribution in [2.24, 2.45) is 11.7 Å². The van der Waals surface area contributed by atoms with Crippen molar-refractivity contribution in [1.82, 2.24) is 5.32 Å². The molecule has 0 saturated heterocycles. The van der Waals surface area contributed by atoms with Gasteiger partial charge in [-0.25, -0.2) is 8.78 Å². The van der Waals surface area contributed by atoms with Crippen LogP contribution in [-0.2, 0) is 0 Å². The summed E-state index contributed by atoms with van der Waals surface area (Å²) in [5.41, 5.74) is 6.80. The summed E-state index contributed by atoms with van der Waals surface area (Å²) in [6.45, 7) is 1.48. The molecule has 2 atom stereocenters. The molecule has 0 aromatic heterocycles. The van der Waals surface area contributed by atoms with Crippen molar-refractivity contribution in [1.29, 1.82) is 0 Å². The van der Waals surface area contributed by atoms with Crippen LogP contribution in [0.5, 0.6) is 0 Å². The van der Waals surface area contributed by atoms with Crippen molar-refractivity contribution < 1.29 is 8.78 Å². The van der Waals surface area contributed by atoms with Crippen molar-refractivity contribution in [3.8, 4) is 0 Å². The van der Waals surface area contributed by atoms with Gasteiger partial charge in [0.1, 0.15) is 0 Å². The molecule has 1 aliphatic heterocycles. The Balaban J connectivity index is 1.96. The highest BCUT2D eigenvalue weighted by Crippen LogP contribution is 2.43. The van der Waals surface area contributed by atoms with E-state index < -0.39 is 11.8 Å². The SMILES string of the molecule is NC1C=C(CC2CCCC2(F)F)CNC1. The summed E-state index contributed by atoms with van der Waals surface area (Å²) in [5.74, 6) is -2.92. The van der Waals surface area contributed by atoms with Crippen LogP contribution in [0, 0.1) is 5.92 Å². The van der Waals surface area contributed by atoms with E-state index in [-0.39, 0.29) is 12.5 Å². The molecule has 0 radical (unpaired) electrons. The van der Waals surface area contributed by atoms with Gasteiger partial charge in [0.15, 0.2) is 0 Å². The Labute approximate surface area is 88.9 Å². The number of nitrogens with one attached hydrogen (secondary N) is 1. The third kappa shape index (κ3) is 2.55. The molecule has 86 valence electrons. The molecule has 1 aliphatic carbocycles. The molecule has 4 heteroatoms. The van der Waals surface area contributed by atoms with Crippen LogP contribution in [-0.4, -0.2) is 25.1 Å². The fourth-order valence-electron chi connectivity index (χ4n) is 2.53. The topological polar surface area (TPSA) is 38.0 Å². The van der Waals surface area contributed by atoms with Gasteiger partial charge in [-0.3, -0.25) is 0 Å². The molecule has 2 nitrogen and oxygen atoms in total. The summed E-state index contributed by atoms with van der Waals surface area (Å²) in [5, 5.41) is 3.15. The minimum Gasteiger partial charge on any atom is -0.323 e. The van der Waals surface area contributed by atoms with Gasteiger partial charge in [0, 0.05) is 31.5 Å². The summed E-state index contributed by atoms with van der Waals surface area (Å²) in [6, 6.07) is -0.0104. The molecule has 1 fully saturated rings. The maximum Gasteiger partial charge on any atom is 0.251 e. The first-order valence-corrected chi connectivity index (χ1v) is 5.61. The lowest BCUT2D eigenvalue weighted by Crippen LogP contribution is -2.38. The van der Waals surface area contributed by atoms with Crippen molar-refractivity contribution in [2.45, 2.75) is 37.6 Å². The second kappa shape index (κ2) is 4.18. The van der Waals surface area contributed by atoms with E-state index in [4.69, 9.17) is 5.73 Å². The van der Waals surface area contributed by atoms with Crippen molar-refractivity contribution in [3.05, 3.63) is 11.6 Å². The smallest absolute Gasteiger partial charge is 0.251 e. The first-order valence-electron chi connectivity index (χ1n) is 5.61. The molecular weight excluding hydrogens is 198 g/mol. The zero-order valence-electron chi connectivity index (χ0n) is 8.81. The van der Waals surface area contributed by atoms with E-state index in [9.17, 15) is 8.78 Å². The lowest BCUT2D eigenvalue weighted by atomic mass is 9.93. The summed E-state index contributed by atoms with van der Waals surface area (Å²) in [7, 11) is 0. The van der Waals surface area contributed by atoms with E-state index in [0.717, 1.165) is 18.7 Å². The Morgan fingerprint density at radius 2 is 2.33 bits per heavy atom. The van der Waals surface area contributed by atoms with Gasteiger partial charge in [-0.15, -0.1) is 0 Å². The van der Waals surface area contributed by atoms with E-state index >= 15 is 0 Å². The standard InChI is InChI=1S/C11H18F2N2/c12-11(13)3-1-2-9(11)4-8-5-10(14)7-15-6-8/h5,9-10,15H,1-4,6-7,14H2. The van der Waals surface area contributed by atoms with E-state index in [1.807, 2.05) is 6.08 Å². The molecule has 1 heterocycles. The van der Waals surface area contributed by atoms with Gasteiger partial charge < -0.3 is 11.1 Å². The van der Waals surface area contributed by atoms with Gasteiger partial charge in [-0.1, -0.05) is 11.6 Å². The molecule has 2 rings (SSSR count). The number of hydrogen-bond donors (Lipinski definition) is 2. The zero-order chi connectivity index (χ0) is 10.9. The third-order valence-corrected chi connectivity index (χ3v) is 3.35. The van der Waals surface area contributed by atoms with E-state index in [1.165, 1.54) is 0 Å². The molecule has 3 N–H and O–H groups in total. The molecule has 0 aromatic rings. The lowest BCUT2D eigenvalue weighted by Gasteiger charge is -2.24. The normalized spacial score (nSPS) is 35.3. The Morgan fingerprint density at radius 1 is 1.53 bits per heavy atom. The van der Waals surface area contributed by atoms with Crippen molar-refractivity contribution in [3.63, 3.8) is 0 Å². The average Bonchev–Trinajstić information content (AvgIpc) is 2.46. The Bertz CT molecular complexity index is 263. The highest BCUT2D eigenvalue weighted by Gasteiger charge is 2.43. The average molecular weight is 216 g/mol. The number of rotatable bonds is 2. The minimum atomic E-state index is -2.46. The highest BCUT2D eigenvalue weighted by molar-refractivity contribution is 5.14.